The van der Waals surface area contributed by atoms with Crippen molar-refractivity contribution in [3.8, 4) is 0 Å². The average Bonchev–Trinajstić information content (AvgIpc) is 2.87. The molecule has 22 heavy (non-hydrogen) atoms. The Morgan fingerprint density at radius 1 is 1.05 bits per heavy atom. The smallest absolute Gasteiger partial charge is 0.438 e. The largest absolute Gasteiger partial charge is 0.496 e. The fraction of sp³-hybridized carbons (Fsp3) is 0.625. The van der Waals surface area contributed by atoms with Crippen LogP contribution in [0.1, 0.15) is 54.4 Å². The van der Waals surface area contributed by atoms with E-state index in [4.69, 9.17) is 13.7 Å². The Labute approximate surface area is 131 Å². The Bertz CT molecular complexity index is 700. The van der Waals surface area contributed by atoms with Crippen molar-refractivity contribution in [1.29, 1.82) is 0 Å². The number of aromatic nitrogens is 2. The Balaban J connectivity index is 1.97. The summed E-state index contributed by atoms with van der Waals surface area (Å²) >= 11 is 0. The molecule has 0 unspecified atom stereocenters. The van der Waals surface area contributed by atoms with Crippen LogP contribution in [0, 0.1) is 0 Å². The SMILES string of the molecule is CC(C)(C)c1nc2ncc(B3OC(C)(C)C(C)(C)O3)cc2o1. The van der Waals surface area contributed by atoms with Gasteiger partial charge in [-0.3, -0.25) is 0 Å². The lowest BCUT2D eigenvalue weighted by Gasteiger charge is -2.32. The molecule has 5 nitrogen and oxygen atoms in total. The van der Waals surface area contributed by atoms with E-state index in [1.54, 1.807) is 6.20 Å². The van der Waals surface area contributed by atoms with E-state index in [0.29, 0.717) is 17.1 Å². The Kier molecular flexibility index (Phi) is 3.21. The molecule has 6 heteroatoms. The average molecular weight is 302 g/mol. The third kappa shape index (κ3) is 2.44. The van der Waals surface area contributed by atoms with Crippen molar-refractivity contribution in [2.45, 2.75) is 65.1 Å². The van der Waals surface area contributed by atoms with Gasteiger partial charge in [-0.05, 0) is 33.8 Å². The molecule has 2 aromatic rings. The van der Waals surface area contributed by atoms with Gasteiger partial charge in [-0.25, -0.2) is 4.98 Å². The van der Waals surface area contributed by atoms with Crippen LogP contribution in [0.15, 0.2) is 16.7 Å². The summed E-state index contributed by atoms with van der Waals surface area (Å²) in [6.07, 6.45) is 1.75. The minimum Gasteiger partial charge on any atom is -0.438 e. The van der Waals surface area contributed by atoms with Gasteiger partial charge in [0.15, 0.2) is 11.2 Å². The molecular formula is C16H23BN2O3. The van der Waals surface area contributed by atoms with Crippen LogP contribution in [-0.4, -0.2) is 28.3 Å². The first kappa shape index (κ1) is 15.5. The van der Waals surface area contributed by atoms with E-state index in [2.05, 4.69) is 30.7 Å². The normalized spacial score (nSPS) is 20.8. The number of nitrogens with zero attached hydrogens (tertiary/aromatic N) is 2. The van der Waals surface area contributed by atoms with Crippen LogP contribution >= 0.6 is 0 Å². The maximum absolute atomic E-state index is 6.05. The second-order valence-corrected chi connectivity index (χ2v) is 7.95. The topological polar surface area (TPSA) is 57.4 Å². The van der Waals surface area contributed by atoms with Crippen molar-refractivity contribution in [1.82, 2.24) is 9.97 Å². The van der Waals surface area contributed by atoms with Crippen molar-refractivity contribution in [3.63, 3.8) is 0 Å². The molecule has 3 heterocycles. The van der Waals surface area contributed by atoms with E-state index in [0.717, 1.165) is 5.46 Å². The van der Waals surface area contributed by atoms with Gasteiger partial charge in [0.25, 0.3) is 0 Å². The summed E-state index contributed by atoms with van der Waals surface area (Å²) in [5, 5.41) is 0. The zero-order valence-electron chi connectivity index (χ0n) is 14.4. The van der Waals surface area contributed by atoms with E-state index in [1.807, 2.05) is 33.8 Å². The van der Waals surface area contributed by atoms with E-state index < -0.39 is 7.12 Å². The highest BCUT2D eigenvalue weighted by Crippen LogP contribution is 2.36. The molecule has 0 amide bonds. The van der Waals surface area contributed by atoms with Crippen molar-refractivity contribution in [2.24, 2.45) is 0 Å². The van der Waals surface area contributed by atoms with Crippen molar-refractivity contribution in [3.05, 3.63) is 18.2 Å². The molecular weight excluding hydrogens is 279 g/mol. The maximum Gasteiger partial charge on any atom is 0.496 e. The van der Waals surface area contributed by atoms with Crippen LogP contribution in [0.4, 0.5) is 0 Å². The summed E-state index contributed by atoms with van der Waals surface area (Å²) in [5.74, 6) is 0.682. The third-order valence-corrected chi connectivity index (χ3v) is 4.44. The van der Waals surface area contributed by atoms with Crippen LogP contribution in [0.5, 0.6) is 0 Å². The predicted octanol–water partition coefficient (Wildman–Crippen LogP) is 2.82. The minimum absolute atomic E-state index is 0.148. The molecule has 1 saturated heterocycles. The highest BCUT2D eigenvalue weighted by Gasteiger charge is 2.51. The van der Waals surface area contributed by atoms with E-state index in [-0.39, 0.29) is 16.6 Å². The number of oxazole rings is 1. The summed E-state index contributed by atoms with van der Waals surface area (Å²) in [6, 6.07) is 1.91. The second kappa shape index (κ2) is 4.55. The Hall–Kier alpha value is -1.40. The maximum atomic E-state index is 6.05. The molecule has 0 spiro atoms. The van der Waals surface area contributed by atoms with Crippen LogP contribution < -0.4 is 5.46 Å². The molecule has 1 aliphatic rings. The Morgan fingerprint density at radius 3 is 2.18 bits per heavy atom. The molecule has 3 rings (SSSR count). The number of fused-ring (bicyclic) bond motifs is 1. The summed E-state index contributed by atoms with van der Waals surface area (Å²) in [7, 11) is -0.440. The van der Waals surface area contributed by atoms with Crippen molar-refractivity contribution in [2.75, 3.05) is 0 Å². The van der Waals surface area contributed by atoms with Gasteiger partial charge in [-0.1, -0.05) is 20.8 Å². The summed E-state index contributed by atoms with van der Waals surface area (Å²) in [5.41, 5.74) is 1.24. The fourth-order valence-corrected chi connectivity index (χ4v) is 2.26. The van der Waals surface area contributed by atoms with Gasteiger partial charge in [-0.15, -0.1) is 0 Å². The second-order valence-electron chi connectivity index (χ2n) is 7.95. The highest BCUT2D eigenvalue weighted by atomic mass is 16.7. The molecule has 1 aliphatic heterocycles. The van der Waals surface area contributed by atoms with Gasteiger partial charge in [0.05, 0.1) is 11.2 Å². The molecule has 0 radical (unpaired) electrons. The Morgan fingerprint density at radius 2 is 1.64 bits per heavy atom. The standard InChI is InChI=1S/C16H23BN2O3/c1-14(2,3)13-19-12-11(20-13)8-10(9-18-12)17-21-15(4,5)16(6,7)22-17/h8-9H,1-7H3. The molecule has 118 valence electrons. The monoisotopic (exact) mass is 302 g/mol. The van der Waals surface area contributed by atoms with Crippen molar-refractivity contribution < 1.29 is 13.7 Å². The number of rotatable bonds is 1. The number of hydrogen-bond acceptors (Lipinski definition) is 5. The van der Waals surface area contributed by atoms with Gasteiger partial charge in [-0.2, -0.15) is 4.98 Å². The first-order chi connectivity index (χ1) is 9.99. The molecule has 0 saturated carbocycles. The quantitative estimate of drug-likeness (QED) is 0.758. The molecule has 2 aromatic heterocycles. The third-order valence-electron chi connectivity index (χ3n) is 4.44. The van der Waals surface area contributed by atoms with E-state index >= 15 is 0 Å². The van der Waals surface area contributed by atoms with Gasteiger partial charge in [0.1, 0.15) is 0 Å². The predicted molar refractivity (Wildman–Crippen MR) is 86.2 cm³/mol. The summed E-state index contributed by atoms with van der Waals surface area (Å²) < 4.78 is 17.9. The zero-order chi connectivity index (χ0) is 16.3. The fourth-order valence-electron chi connectivity index (χ4n) is 2.26. The first-order valence-corrected chi connectivity index (χ1v) is 7.62. The number of hydrogen-bond donors (Lipinski definition) is 0. The van der Waals surface area contributed by atoms with Crippen LogP contribution in [0.2, 0.25) is 0 Å². The minimum atomic E-state index is -0.440. The van der Waals surface area contributed by atoms with Crippen LogP contribution in [0.3, 0.4) is 0 Å². The van der Waals surface area contributed by atoms with E-state index in [9.17, 15) is 0 Å². The molecule has 1 fully saturated rings. The van der Waals surface area contributed by atoms with E-state index in [1.165, 1.54) is 0 Å². The molecule has 0 atom stereocenters. The molecule has 0 bridgehead atoms. The summed E-state index contributed by atoms with van der Waals surface area (Å²) in [4.78, 5) is 8.84. The molecule has 0 aromatic carbocycles. The van der Waals surface area contributed by atoms with Gasteiger partial charge < -0.3 is 13.7 Å². The first-order valence-electron chi connectivity index (χ1n) is 7.62. The lowest BCUT2D eigenvalue weighted by atomic mass is 9.80. The zero-order valence-corrected chi connectivity index (χ0v) is 14.4. The van der Waals surface area contributed by atoms with Gasteiger partial charge in [0, 0.05) is 17.1 Å². The van der Waals surface area contributed by atoms with Crippen molar-refractivity contribution >= 4 is 23.8 Å². The molecule has 0 aliphatic carbocycles. The molecule has 0 N–H and O–H groups in total. The number of pyridine rings is 1. The van der Waals surface area contributed by atoms with Gasteiger partial charge >= 0.3 is 7.12 Å². The highest BCUT2D eigenvalue weighted by molar-refractivity contribution is 6.62. The van der Waals surface area contributed by atoms with Gasteiger partial charge in [0.2, 0.25) is 5.89 Å². The van der Waals surface area contributed by atoms with Crippen LogP contribution in [0.25, 0.3) is 11.2 Å². The lowest BCUT2D eigenvalue weighted by Crippen LogP contribution is -2.41. The lowest BCUT2D eigenvalue weighted by molar-refractivity contribution is 0.00578. The summed E-state index contributed by atoms with van der Waals surface area (Å²) in [6.45, 7) is 14.3. The van der Waals surface area contributed by atoms with Crippen LogP contribution in [-0.2, 0) is 14.7 Å².